The maximum Gasteiger partial charge on any atom is 0.259 e. The molecule has 27 heavy (non-hydrogen) atoms. The molecule has 0 bridgehead atoms. The van der Waals surface area contributed by atoms with E-state index in [9.17, 15) is 4.79 Å². The second-order valence-corrected chi connectivity index (χ2v) is 6.54. The number of nitrogens with zero attached hydrogens (tertiary/aromatic N) is 1. The largest absolute Gasteiger partial charge is 0.493 e. The van der Waals surface area contributed by atoms with Crippen molar-refractivity contribution >= 4 is 33.6 Å². The van der Waals surface area contributed by atoms with Crippen molar-refractivity contribution in [2.24, 2.45) is 0 Å². The molecule has 0 unspecified atom stereocenters. The molecule has 0 aliphatic carbocycles. The fourth-order valence-electron chi connectivity index (χ4n) is 2.74. The number of hydrogen-bond donors (Lipinski definition) is 1. The Morgan fingerprint density at radius 1 is 1.26 bits per heavy atom. The second-order valence-electron chi connectivity index (χ2n) is 6.14. The van der Waals surface area contributed by atoms with E-state index in [1.165, 1.54) is 0 Å². The van der Waals surface area contributed by atoms with E-state index in [0.29, 0.717) is 39.9 Å². The normalized spacial score (nSPS) is 11.6. The molecule has 0 radical (unpaired) electrons. The van der Waals surface area contributed by atoms with E-state index >= 15 is 0 Å². The van der Waals surface area contributed by atoms with Crippen LogP contribution in [0.25, 0.3) is 22.0 Å². The summed E-state index contributed by atoms with van der Waals surface area (Å²) in [7, 11) is 1.59. The first kappa shape index (κ1) is 19.0. The number of H-pyrrole nitrogens is 1. The highest BCUT2D eigenvalue weighted by molar-refractivity contribution is 6.50. The highest BCUT2D eigenvalue weighted by atomic mass is 35.5. The number of ether oxygens (including phenoxy) is 2. The van der Waals surface area contributed by atoms with Crippen LogP contribution in [0.1, 0.15) is 30.3 Å². The van der Waals surface area contributed by atoms with Crippen LogP contribution >= 0.6 is 11.6 Å². The first-order chi connectivity index (χ1) is 13.0. The Balaban J connectivity index is 1.99. The van der Waals surface area contributed by atoms with Crippen molar-refractivity contribution in [1.82, 2.24) is 9.97 Å². The topological polar surface area (TPSA) is 64.2 Å². The number of methoxy groups -OCH3 is 1. The monoisotopic (exact) mass is 384 g/mol. The van der Waals surface area contributed by atoms with Gasteiger partial charge in [0.15, 0.2) is 17.3 Å². The Kier molecular flexibility index (Phi) is 5.81. The zero-order valence-electron chi connectivity index (χ0n) is 15.5. The van der Waals surface area contributed by atoms with Crippen LogP contribution in [0.3, 0.4) is 0 Å². The van der Waals surface area contributed by atoms with Gasteiger partial charge >= 0.3 is 0 Å². The van der Waals surface area contributed by atoms with Crippen molar-refractivity contribution in [3.63, 3.8) is 0 Å². The maximum atomic E-state index is 12.3. The van der Waals surface area contributed by atoms with Gasteiger partial charge in [0.2, 0.25) is 0 Å². The predicted octanol–water partition coefficient (Wildman–Crippen LogP) is 4.77. The summed E-state index contributed by atoms with van der Waals surface area (Å²) in [5.74, 6) is 1.63. The van der Waals surface area contributed by atoms with Crippen LogP contribution in [0, 0.1) is 6.92 Å². The lowest BCUT2D eigenvalue weighted by Crippen LogP contribution is -2.11. The number of para-hydroxylation sites is 1. The Bertz CT molecular complexity index is 1060. The minimum Gasteiger partial charge on any atom is -0.493 e. The number of rotatable bonds is 6. The molecule has 3 rings (SSSR count). The SMILES string of the molecule is CCCOc1ccc(/C=C(\Cl)c2nc3c(C)cccc3c(=O)[nH]2)cc1OC. The molecule has 0 aliphatic rings. The van der Waals surface area contributed by atoms with Crippen LogP contribution in [0.2, 0.25) is 0 Å². The molecule has 0 saturated carbocycles. The molecule has 1 heterocycles. The molecule has 1 aromatic heterocycles. The molecule has 0 aliphatic heterocycles. The van der Waals surface area contributed by atoms with Crippen LogP contribution in [-0.2, 0) is 0 Å². The number of aromatic amines is 1. The minimum atomic E-state index is -0.217. The van der Waals surface area contributed by atoms with Gasteiger partial charge in [0, 0.05) is 0 Å². The molecule has 140 valence electrons. The summed E-state index contributed by atoms with van der Waals surface area (Å²) in [5, 5.41) is 0.879. The van der Waals surface area contributed by atoms with Crippen molar-refractivity contribution in [2.45, 2.75) is 20.3 Å². The molecular formula is C21H21ClN2O3. The second kappa shape index (κ2) is 8.27. The van der Waals surface area contributed by atoms with Crippen LogP contribution in [0.15, 0.2) is 41.2 Å². The Labute approximate surface area is 162 Å². The van der Waals surface area contributed by atoms with E-state index in [1.807, 2.05) is 44.2 Å². The van der Waals surface area contributed by atoms with E-state index in [-0.39, 0.29) is 5.56 Å². The van der Waals surface area contributed by atoms with Crippen LogP contribution in [0.4, 0.5) is 0 Å². The molecule has 0 spiro atoms. The number of halogens is 1. The number of fused-ring (bicyclic) bond motifs is 1. The van der Waals surface area contributed by atoms with E-state index in [1.54, 1.807) is 19.3 Å². The van der Waals surface area contributed by atoms with Gasteiger partial charge in [-0.25, -0.2) is 4.98 Å². The Hall–Kier alpha value is -2.79. The van der Waals surface area contributed by atoms with E-state index in [0.717, 1.165) is 17.5 Å². The summed E-state index contributed by atoms with van der Waals surface area (Å²) in [6, 6.07) is 11.0. The number of hydrogen-bond acceptors (Lipinski definition) is 4. The van der Waals surface area contributed by atoms with Crippen molar-refractivity contribution < 1.29 is 9.47 Å². The molecule has 1 N–H and O–H groups in total. The van der Waals surface area contributed by atoms with Crippen molar-refractivity contribution in [1.29, 1.82) is 0 Å². The third-order valence-corrected chi connectivity index (χ3v) is 4.40. The van der Waals surface area contributed by atoms with E-state index in [4.69, 9.17) is 21.1 Å². The van der Waals surface area contributed by atoms with Crippen molar-refractivity contribution in [3.8, 4) is 11.5 Å². The summed E-state index contributed by atoms with van der Waals surface area (Å²) >= 11 is 6.44. The molecule has 0 amide bonds. The van der Waals surface area contributed by atoms with E-state index in [2.05, 4.69) is 9.97 Å². The Morgan fingerprint density at radius 2 is 2.07 bits per heavy atom. The number of aromatic nitrogens is 2. The predicted molar refractivity (Wildman–Crippen MR) is 110 cm³/mol. The van der Waals surface area contributed by atoms with Gasteiger partial charge in [-0.15, -0.1) is 0 Å². The summed E-state index contributed by atoms with van der Waals surface area (Å²) in [6.45, 7) is 4.58. The maximum absolute atomic E-state index is 12.3. The van der Waals surface area contributed by atoms with Gasteiger partial charge in [0.1, 0.15) is 0 Å². The standard InChI is InChI=1S/C21H21ClN2O3/c1-4-10-27-17-9-8-14(12-18(17)26-3)11-16(22)20-23-19-13(2)6-5-7-15(19)21(25)24-20/h5-9,11-12H,4,10H2,1-3H3,(H,23,24,25)/b16-11-. The fourth-order valence-corrected chi connectivity index (χ4v) is 2.95. The molecule has 5 nitrogen and oxygen atoms in total. The first-order valence-electron chi connectivity index (χ1n) is 8.71. The van der Waals surface area contributed by atoms with Gasteiger partial charge < -0.3 is 14.5 Å². The van der Waals surface area contributed by atoms with E-state index < -0.39 is 0 Å². The molecule has 0 saturated heterocycles. The highest BCUT2D eigenvalue weighted by Gasteiger charge is 2.10. The Morgan fingerprint density at radius 3 is 2.81 bits per heavy atom. The highest BCUT2D eigenvalue weighted by Crippen LogP contribution is 2.30. The van der Waals surface area contributed by atoms with Gasteiger partial charge in [0.25, 0.3) is 5.56 Å². The number of nitrogens with one attached hydrogen (secondary N) is 1. The number of benzene rings is 2. The minimum absolute atomic E-state index is 0.217. The van der Waals surface area contributed by atoms with Gasteiger partial charge in [-0.2, -0.15) is 0 Å². The van der Waals surface area contributed by atoms with Gasteiger partial charge in [-0.05, 0) is 48.7 Å². The molecule has 6 heteroatoms. The van der Waals surface area contributed by atoms with Crippen molar-refractivity contribution in [3.05, 3.63) is 63.7 Å². The lowest BCUT2D eigenvalue weighted by Gasteiger charge is -2.10. The zero-order valence-corrected chi connectivity index (χ0v) is 16.3. The average Bonchev–Trinajstić information content (AvgIpc) is 2.67. The van der Waals surface area contributed by atoms with Crippen LogP contribution in [-0.4, -0.2) is 23.7 Å². The summed E-state index contributed by atoms with van der Waals surface area (Å²) in [6.07, 6.45) is 2.65. The van der Waals surface area contributed by atoms with Gasteiger partial charge in [-0.1, -0.05) is 36.7 Å². The first-order valence-corrected chi connectivity index (χ1v) is 9.09. The quantitative estimate of drug-likeness (QED) is 0.665. The van der Waals surface area contributed by atoms with Crippen LogP contribution < -0.4 is 15.0 Å². The van der Waals surface area contributed by atoms with Gasteiger partial charge in [0.05, 0.1) is 29.7 Å². The zero-order chi connectivity index (χ0) is 19.4. The smallest absolute Gasteiger partial charge is 0.259 e. The summed E-state index contributed by atoms with van der Waals surface area (Å²) in [4.78, 5) is 19.6. The molecule has 0 atom stereocenters. The van der Waals surface area contributed by atoms with Crippen molar-refractivity contribution in [2.75, 3.05) is 13.7 Å². The summed E-state index contributed by atoms with van der Waals surface area (Å²) < 4.78 is 11.1. The fraction of sp³-hybridized carbons (Fsp3) is 0.238. The third-order valence-electron chi connectivity index (χ3n) is 4.11. The molecule has 0 fully saturated rings. The van der Waals surface area contributed by atoms with Gasteiger partial charge in [-0.3, -0.25) is 4.79 Å². The number of aryl methyl sites for hydroxylation is 1. The lowest BCUT2D eigenvalue weighted by atomic mass is 10.1. The molecule has 2 aromatic carbocycles. The molecular weight excluding hydrogens is 364 g/mol. The average molecular weight is 385 g/mol. The third kappa shape index (κ3) is 4.14. The summed E-state index contributed by atoms with van der Waals surface area (Å²) in [5.41, 5.74) is 2.16. The molecule has 3 aromatic rings. The van der Waals surface area contributed by atoms with Crippen LogP contribution in [0.5, 0.6) is 11.5 Å². The lowest BCUT2D eigenvalue weighted by molar-refractivity contribution is 0.294.